The van der Waals surface area contributed by atoms with Crippen molar-refractivity contribution < 1.29 is 9.53 Å². The fourth-order valence-corrected chi connectivity index (χ4v) is 3.46. The molecule has 5 heteroatoms. The number of carbonyl (C=O) groups excluding carboxylic acids is 1. The lowest BCUT2D eigenvalue weighted by atomic mass is 10.2. The molecule has 0 spiro atoms. The zero-order chi connectivity index (χ0) is 16.9. The molecular formula is C19H18N2O2S. The van der Waals surface area contributed by atoms with Gasteiger partial charge in [-0.3, -0.25) is 9.69 Å². The predicted octanol–water partition coefficient (Wildman–Crippen LogP) is 4.32. The van der Waals surface area contributed by atoms with E-state index in [9.17, 15) is 4.79 Å². The maximum absolute atomic E-state index is 12.7. The second kappa shape index (κ2) is 7.36. The lowest BCUT2D eigenvalue weighted by Gasteiger charge is -2.11. The summed E-state index contributed by atoms with van der Waals surface area (Å²) < 4.78 is 5.36. The number of hydrogen-bond donors (Lipinski definition) is 0. The highest BCUT2D eigenvalue weighted by Gasteiger charge is 2.32. The molecule has 0 bridgehead atoms. The first-order chi connectivity index (χ1) is 11.7. The summed E-state index contributed by atoms with van der Waals surface area (Å²) in [5.74, 6) is 0.720. The van der Waals surface area contributed by atoms with Crippen molar-refractivity contribution in [3.63, 3.8) is 0 Å². The van der Waals surface area contributed by atoms with Gasteiger partial charge in [-0.2, -0.15) is 0 Å². The van der Waals surface area contributed by atoms with Gasteiger partial charge in [0.25, 0.3) is 5.91 Å². The molecular weight excluding hydrogens is 320 g/mol. The Bertz CT molecular complexity index is 800. The Morgan fingerprint density at radius 3 is 2.54 bits per heavy atom. The van der Waals surface area contributed by atoms with Crippen LogP contribution in [0.25, 0.3) is 6.08 Å². The quantitative estimate of drug-likeness (QED) is 0.780. The Hall–Kier alpha value is -2.53. The van der Waals surface area contributed by atoms with E-state index < -0.39 is 0 Å². The summed E-state index contributed by atoms with van der Waals surface area (Å²) in [6, 6.07) is 17.3. The SMILES string of the molecule is CCN1C(=O)C(=Cc2ccccc2OC)SC1=Nc1ccccc1. The van der Waals surface area contributed by atoms with E-state index in [2.05, 4.69) is 4.99 Å². The highest BCUT2D eigenvalue weighted by Crippen LogP contribution is 2.35. The average Bonchev–Trinajstić information content (AvgIpc) is 2.91. The molecule has 0 aromatic heterocycles. The molecule has 0 N–H and O–H groups in total. The van der Waals surface area contributed by atoms with E-state index in [4.69, 9.17) is 4.74 Å². The van der Waals surface area contributed by atoms with Gasteiger partial charge in [0.2, 0.25) is 0 Å². The first-order valence-electron chi connectivity index (χ1n) is 7.71. The normalized spacial score (nSPS) is 17.8. The fraction of sp³-hybridized carbons (Fsp3) is 0.158. The Morgan fingerprint density at radius 1 is 1.12 bits per heavy atom. The first kappa shape index (κ1) is 16.3. The number of amides is 1. The van der Waals surface area contributed by atoms with Crippen LogP contribution in [0.3, 0.4) is 0 Å². The van der Waals surface area contributed by atoms with Crippen LogP contribution in [0.4, 0.5) is 5.69 Å². The average molecular weight is 338 g/mol. The molecule has 122 valence electrons. The Morgan fingerprint density at radius 2 is 1.83 bits per heavy atom. The maximum atomic E-state index is 12.7. The van der Waals surface area contributed by atoms with Gasteiger partial charge in [0, 0.05) is 12.1 Å². The molecule has 4 nitrogen and oxygen atoms in total. The fourth-order valence-electron chi connectivity index (χ4n) is 2.41. The molecule has 1 saturated heterocycles. The molecule has 2 aromatic carbocycles. The van der Waals surface area contributed by atoms with Crippen LogP contribution in [0.5, 0.6) is 5.75 Å². The van der Waals surface area contributed by atoms with Crippen LogP contribution in [-0.4, -0.2) is 29.6 Å². The molecule has 0 aliphatic carbocycles. The molecule has 1 amide bonds. The summed E-state index contributed by atoms with van der Waals surface area (Å²) >= 11 is 1.39. The van der Waals surface area contributed by atoms with Gasteiger partial charge in [0.1, 0.15) is 5.75 Å². The second-order valence-electron chi connectivity index (χ2n) is 5.13. The predicted molar refractivity (Wildman–Crippen MR) is 99.5 cm³/mol. The third-order valence-corrected chi connectivity index (χ3v) is 4.62. The molecule has 2 aromatic rings. The van der Waals surface area contributed by atoms with E-state index in [1.165, 1.54) is 11.8 Å². The van der Waals surface area contributed by atoms with Crippen LogP contribution < -0.4 is 4.74 Å². The molecule has 0 radical (unpaired) electrons. The van der Waals surface area contributed by atoms with Crippen LogP contribution in [0, 0.1) is 0 Å². The van der Waals surface area contributed by atoms with Crippen molar-refractivity contribution in [3.8, 4) is 5.75 Å². The number of carbonyl (C=O) groups is 1. The van der Waals surface area contributed by atoms with Crippen molar-refractivity contribution in [2.75, 3.05) is 13.7 Å². The smallest absolute Gasteiger partial charge is 0.266 e. The number of benzene rings is 2. The summed E-state index contributed by atoms with van der Waals surface area (Å²) in [6.07, 6.45) is 1.86. The number of methoxy groups -OCH3 is 1. The van der Waals surface area contributed by atoms with Crippen LogP contribution in [0.15, 0.2) is 64.5 Å². The highest BCUT2D eigenvalue weighted by atomic mass is 32.2. The number of amidine groups is 1. The minimum atomic E-state index is -0.0249. The summed E-state index contributed by atoms with van der Waals surface area (Å²) in [6.45, 7) is 2.53. The standard InChI is InChI=1S/C19H18N2O2S/c1-3-21-18(22)17(13-14-9-7-8-12-16(14)23-2)24-19(21)20-15-10-5-4-6-11-15/h4-13H,3H2,1-2H3. The van der Waals surface area contributed by atoms with Gasteiger partial charge >= 0.3 is 0 Å². The minimum Gasteiger partial charge on any atom is -0.496 e. The summed E-state index contributed by atoms with van der Waals surface area (Å²) in [5.41, 5.74) is 1.72. The van der Waals surface area contributed by atoms with Crippen LogP contribution >= 0.6 is 11.8 Å². The number of para-hydroxylation sites is 2. The number of ether oxygens (including phenoxy) is 1. The van der Waals surface area contributed by atoms with Gasteiger partial charge in [0.05, 0.1) is 17.7 Å². The van der Waals surface area contributed by atoms with E-state index >= 15 is 0 Å². The third-order valence-electron chi connectivity index (χ3n) is 3.61. The highest BCUT2D eigenvalue weighted by molar-refractivity contribution is 8.18. The van der Waals surface area contributed by atoms with E-state index in [1.54, 1.807) is 12.0 Å². The van der Waals surface area contributed by atoms with Crippen molar-refractivity contribution in [3.05, 3.63) is 65.1 Å². The Kier molecular flexibility index (Phi) is 5.01. The number of thioether (sulfide) groups is 1. The lowest BCUT2D eigenvalue weighted by molar-refractivity contribution is -0.122. The molecule has 3 rings (SSSR count). The topological polar surface area (TPSA) is 41.9 Å². The summed E-state index contributed by atoms with van der Waals surface area (Å²) in [7, 11) is 1.63. The molecule has 1 fully saturated rings. The first-order valence-corrected chi connectivity index (χ1v) is 8.52. The van der Waals surface area contributed by atoms with Crippen molar-refractivity contribution in [1.29, 1.82) is 0 Å². The Labute approximate surface area is 145 Å². The molecule has 0 atom stereocenters. The number of rotatable bonds is 4. The van der Waals surface area contributed by atoms with E-state index in [1.807, 2.05) is 67.6 Å². The van der Waals surface area contributed by atoms with E-state index in [0.29, 0.717) is 16.6 Å². The minimum absolute atomic E-state index is 0.0249. The van der Waals surface area contributed by atoms with Gasteiger partial charge in [-0.25, -0.2) is 4.99 Å². The summed E-state index contributed by atoms with van der Waals surface area (Å²) in [5, 5.41) is 0.704. The summed E-state index contributed by atoms with van der Waals surface area (Å²) in [4.78, 5) is 19.6. The van der Waals surface area contributed by atoms with Gasteiger partial charge in [0.15, 0.2) is 5.17 Å². The van der Waals surface area contributed by atoms with Crippen molar-refractivity contribution >= 4 is 34.6 Å². The van der Waals surface area contributed by atoms with Gasteiger partial charge in [-0.05, 0) is 43.0 Å². The zero-order valence-corrected chi connectivity index (χ0v) is 14.4. The number of nitrogens with zero attached hydrogens (tertiary/aromatic N) is 2. The molecule has 1 aliphatic rings. The maximum Gasteiger partial charge on any atom is 0.266 e. The molecule has 0 unspecified atom stereocenters. The van der Waals surface area contributed by atoms with Crippen molar-refractivity contribution in [2.45, 2.75) is 6.92 Å². The molecule has 1 heterocycles. The van der Waals surface area contributed by atoms with Crippen LogP contribution in [0.1, 0.15) is 12.5 Å². The third kappa shape index (κ3) is 3.36. The number of aliphatic imine (C=N–C) groups is 1. The number of hydrogen-bond acceptors (Lipinski definition) is 4. The number of likely N-dealkylation sites (N-methyl/N-ethyl adjacent to an activating group) is 1. The largest absolute Gasteiger partial charge is 0.496 e. The lowest BCUT2D eigenvalue weighted by Crippen LogP contribution is -2.28. The van der Waals surface area contributed by atoms with Gasteiger partial charge in [-0.15, -0.1) is 0 Å². The van der Waals surface area contributed by atoms with E-state index in [-0.39, 0.29) is 5.91 Å². The molecule has 0 saturated carbocycles. The molecule has 1 aliphatic heterocycles. The molecule has 24 heavy (non-hydrogen) atoms. The van der Waals surface area contributed by atoms with Gasteiger partial charge < -0.3 is 4.74 Å². The zero-order valence-electron chi connectivity index (χ0n) is 13.6. The van der Waals surface area contributed by atoms with E-state index in [0.717, 1.165) is 17.0 Å². The van der Waals surface area contributed by atoms with Crippen molar-refractivity contribution in [1.82, 2.24) is 4.90 Å². The Balaban J connectivity index is 1.95. The van der Waals surface area contributed by atoms with Gasteiger partial charge in [-0.1, -0.05) is 36.4 Å². The second-order valence-corrected chi connectivity index (χ2v) is 6.14. The van der Waals surface area contributed by atoms with Crippen LogP contribution in [0.2, 0.25) is 0 Å². The van der Waals surface area contributed by atoms with Crippen molar-refractivity contribution in [2.24, 2.45) is 4.99 Å². The van der Waals surface area contributed by atoms with Crippen LogP contribution in [-0.2, 0) is 4.79 Å². The monoisotopic (exact) mass is 338 g/mol.